The van der Waals surface area contributed by atoms with Gasteiger partial charge in [-0.05, 0) is 24.0 Å². The van der Waals surface area contributed by atoms with Crippen molar-refractivity contribution in [2.45, 2.75) is 32.2 Å². The molecule has 84 valence electrons. The van der Waals surface area contributed by atoms with Crippen LogP contribution in [0.5, 0.6) is 0 Å². The van der Waals surface area contributed by atoms with Crippen LogP contribution < -0.4 is 0 Å². The third-order valence-corrected chi connectivity index (χ3v) is 3.38. The summed E-state index contributed by atoms with van der Waals surface area (Å²) in [5.41, 5.74) is 3.00. The Morgan fingerprint density at radius 1 is 1.44 bits per heavy atom. The average molecular weight is 213 g/mol. The maximum atomic E-state index is 5.45. The van der Waals surface area contributed by atoms with Gasteiger partial charge in [-0.2, -0.15) is 0 Å². The normalized spacial score (nSPS) is 20.1. The molecule has 0 fully saturated rings. The second kappa shape index (κ2) is 5.18. The number of nitrogens with zero attached hydrogens (tertiary/aromatic N) is 1. The zero-order chi connectivity index (χ0) is 11.4. The summed E-state index contributed by atoms with van der Waals surface area (Å²) in [6.45, 7) is 4.12. The summed E-state index contributed by atoms with van der Waals surface area (Å²) < 4.78 is 0. The predicted molar refractivity (Wildman–Crippen MR) is 68.2 cm³/mol. The fourth-order valence-electron chi connectivity index (χ4n) is 2.62. The molecule has 1 heterocycles. The van der Waals surface area contributed by atoms with Gasteiger partial charge in [0, 0.05) is 12.6 Å². The minimum atomic E-state index is 0.533. The Kier molecular flexibility index (Phi) is 3.64. The van der Waals surface area contributed by atoms with Gasteiger partial charge in [0.1, 0.15) is 0 Å². The highest BCUT2D eigenvalue weighted by Gasteiger charge is 2.25. The summed E-state index contributed by atoms with van der Waals surface area (Å²) in [6, 6.07) is 9.33. The van der Waals surface area contributed by atoms with E-state index in [-0.39, 0.29) is 0 Å². The van der Waals surface area contributed by atoms with Crippen LogP contribution >= 0.6 is 0 Å². The van der Waals surface area contributed by atoms with E-state index in [1.54, 1.807) is 0 Å². The van der Waals surface area contributed by atoms with Crippen molar-refractivity contribution in [3.63, 3.8) is 0 Å². The lowest BCUT2D eigenvalue weighted by Crippen LogP contribution is -2.35. The van der Waals surface area contributed by atoms with E-state index in [1.807, 2.05) is 0 Å². The Hall–Kier alpha value is -1.26. The first-order valence-corrected chi connectivity index (χ1v) is 6.12. The van der Waals surface area contributed by atoms with E-state index in [0.717, 1.165) is 19.5 Å². The molecule has 1 heteroatoms. The molecule has 1 aromatic rings. The number of hydrogen-bond acceptors (Lipinski definition) is 1. The predicted octanol–water partition coefficient (Wildman–Crippen LogP) is 3.02. The van der Waals surface area contributed by atoms with Crippen LogP contribution in [0.4, 0.5) is 0 Å². The number of fused-ring (bicyclic) bond motifs is 1. The molecule has 0 spiro atoms. The highest BCUT2D eigenvalue weighted by molar-refractivity contribution is 5.32. The molecule has 1 unspecified atom stereocenters. The van der Waals surface area contributed by atoms with Crippen LogP contribution in [0.3, 0.4) is 0 Å². The molecule has 0 aliphatic carbocycles. The van der Waals surface area contributed by atoms with Crippen LogP contribution in [0.1, 0.15) is 36.9 Å². The summed E-state index contributed by atoms with van der Waals surface area (Å²) in [6.07, 6.45) is 9.00. The molecule has 0 saturated carbocycles. The van der Waals surface area contributed by atoms with Gasteiger partial charge in [0.25, 0.3) is 0 Å². The molecule has 1 aliphatic rings. The van der Waals surface area contributed by atoms with Crippen molar-refractivity contribution in [2.75, 3.05) is 13.1 Å². The quantitative estimate of drug-likeness (QED) is 0.698. The van der Waals surface area contributed by atoms with Crippen LogP contribution in [0.2, 0.25) is 0 Å². The Bertz CT molecular complexity index is 389. The van der Waals surface area contributed by atoms with Crippen LogP contribution in [0, 0.1) is 12.3 Å². The Morgan fingerprint density at radius 3 is 3.00 bits per heavy atom. The van der Waals surface area contributed by atoms with Crippen molar-refractivity contribution in [3.8, 4) is 12.3 Å². The summed E-state index contributed by atoms with van der Waals surface area (Å²) in [5.74, 6) is 2.78. The lowest BCUT2D eigenvalue weighted by Gasteiger charge is -2.36. The van der Waals surface area contributed by atoms with Crippen molar-refractivity contribution < 1.29 is 0 Å². The maximum Gasteiger partial charge on any atom is 0.0604 e. The van der Waals surface area contributed by atoms with Gasteiger partial charge in [0.2, 0.25) is 0 Å². The third kappa shape index (κ3) is 2.13. The standard InChI is InChI=1S/C15H19N/c1-3-7-15-14-9-6-5-8-13(14)10-12-16(15)11-4-2/h2,5-6,8-9,15H,3,7,10-12H2,1H3. The van der Waals surface area contributed by atoms with E-state index < -0.39 is 0 Å². The molecule has 2 rings (SSSR count). The van der Waals surface area contributed by atoms with E-state index in [2.05, 4.69) is 42.0 Å². The van der Waals surface area contributed by atoms with Crippen LogP contribution in [0.15, 0.2) is 24.3 Å². The minimum absolute atomic E-state index is 0.533. The van der Waals surface area contributed by atoms with Crippen molar-refractivity contribution in [1.82, 2.24) is 4.90 Å². The van der Waals surface area contributed by atoms with Crippen LogP contribution in [-0.2, 0) is 6.42 Å². The smallest absolute Gasteiger partial charge is 0.0604 e. The van der Waals surface area contributed by atoms with E-state index in [0.29, 0.717) is 6.04 Å². The van der Waals surface area contributed by atoms with E-state index in [9.17, 15) is 0 Å². The molecule has 0 saturated heterocycles. The number of hydrogen-bond donors (Lipinski definition) is 0. The van der Waals surface area contributed by atoms with Crippen molar-refractivity contribution in [3.05, 3.63) is 35.4 Å². The van der Waals surface area contributed by atoms with Gasteiger partial charge < -0.3 is 0 Å². The summed E-state index contributed by atoms with van der Waals surface area (Å²) in [7, 11) is 0. The number of rotatable bonds is 3. The lowest BCUT2D eigenvalue weighted by atomic mass is 9.90. The highest BCUT2D eigenvalue weighted by Crippen LogP contribution is 2.32. The van der Waals surface area contributed by atoms with Crippen molar-refractivity contribution >= 4 is 0 Å². The number of benzene rings is 1. The maximum absolute atomic E-state index is 5.45. The molecule has 1 aromatic carbocycles. The zero-order valence-corrected chi connectivity index (χ0v) is 9.95. The molecule has 0 aromatic heterocycles. The fraction of sp³-hybridized carbons (Fsp3) is 0.467. The zero-order valence-electron chi connectivity index (χ0n) is 9.95. The summed E-state index contributed by atoms with van der Waals surface area (Å²) >= 11 is 0. The van der Waals surface area contributed by atoms with Gasteiger partial charge in [0.15, 0.2) is 0 Å². The second-order valence-corrected chi connectivity index (χ2v) is 4.43. The third-order valence-electron chi connectivity index (χ3n) is 3.38. The lowest BCUT2D eigenvalue weighted by molar-refractivity contribution is 0.198. The van der Waals surface area contributed by atoms with Crippen LogP contribution in [0.25, 0.3) is 0 Å². The van der Waals surface area contributed by atoms with Gasteiger partial charge in [-0.3, -0.25) is 4.90 Å². The Balaban J connectivity index is 2.28. The Labute approximate surface area is 98.5 Å². The molecule has 0 radical (unpaired) electrons. The molecule has 0 bridgehead atoms. The largest absolute Gasteiger partial charge is 0.285 e. The molecule has 16 heavy (non-hydrogen) atoms. The topological polar surface area (TPSA) is 3.24 Å². The van der Waals surface area contributed by atoms with Crippen molar-refractivity contribution in [2.24, 2.45) is 0 Å². The average Bonchev–Trinajstić information content (AvgIpc) is 2.32. The van der Waals surface area contributed by atoms with Crippen LogP contribution in [-0.4, -0.2) is 18.0 Å². The minimum Gasteiger partial charge on any atom is -0.285 e. The molecule has 0 amide bonds. The number of terminal acetylenes is 1. The van der Waals surface area contributed by atoms with E-state index >= 15 is 0 Å². The summed E-state index contributed by atoms with van der Waals surface area (Å²) in [5, 5.41) is 0. The van der Waals surface area contributed by atoms with E-state index in [4.69, 9.17) is 6.42 Å². The molecule has 1 aliphatic heterocycles. The molecule has 1 nitrogen and oxygen atoms in total. The first-order chi connectivity index (χ1) is 7.86. The second-order valence-electron chi connectivity index (χ2n) is 4.43. The highest BCUT2D eigenvalue weighted by atomic mass is 15.2. The fourth-order valence-corrected chi connectivity index (χ4v) is 2.62. The molecule has 1 atom stereocenters. The summed E-state index contributed by atoms with van der Waals surface area (Å²) in [4.78, 5) is 2.44. The van der Waals surface area contributed by atoms with Crippen molar-refractivity contribution in [1.29, 1.82) is 0 Å². The molecular formula is C15H19N. The monoisotopic (exact) mass is 213 g/mol. The van der Waals surface area contributed by atoms with Gasteiger partial charge in [-0.25, -0.2) is 0 Å². The molecular weight excluding hydrogens is 194 g/mol. The van der Waals surface area contributed by atoms with Gasteiger partial charge >= 0.3 is 0 Å². The molecule has 0 N–H and O–H groups in total. The SMILES string of the molecule is C#CCN1CCc2ccccc2C1CCC. The first kappa shape index (κ1) is 11.2. The Morgan fingerprint density at radius 2 is 2.25 bits per heavy atom. The van der Waals surface area contributed by atoms with Gasteiger partial charge in [-0.15, -0.1) is 6.42 Å². The van der Waals surface area contributed by atoms with Gasteiger partial charge in [0.05, 0.1) is 6.54 Å². The van der Waals surface area contributed by atoms with Gasteiger partial charge in [-0.1, -0.05) is 43.5 Å². The first-order valence-electron chi connectivity index (χ1n) is 6.12. The van der Waals surface area contributed by atoms with E-state index in [1.165, 1.54) is 24.0 Å².